The van der Waals surface area contributed by atoms with Crippen LogP contribution in [0, 0.1) is 5.92 Å². The van der Waals surface area contributed by atoms with Gasteiger partial charge in [-0.2, -0.15) is 13.2 Å². The Morgan fingerprint density at radius 1 is 1.05 bits per heavy atom. The highest BCUT2D eigenvalue weighted by molar-refractivity contribution is 5.93. The molecule has 0 radical (unpaired) electrons. The molecule has 1 atom stereocenters. The summed E-state index contributed by atoms with van der Waals surface area (Å²) in [6.07, 6.45) is -1.49. The lowest BCUT2D eigenvalue weighted by molar-refractivity contribution is -0.145. The quantitative estimate of drug-likeness (QED) is 0.373. The van der Waals surface area contributed by atoms with Crippen LogP contribution in [0.3, 0.4) is 0 Å². The Morgan fingerprint density at radius 3 is 2.33 bits per heavy atom. The number of alkyl halides is 3. The van der Waals surface area contributed by atoms with Crippen LogP contribution in [0.4, 0.5) is 19.0 Å². The fraction of sp³-hybridized carbons (Fsp3) is 0.333. The maximum atomic E-state index is 13.2. The fourth-order valence-corrected chi connectivity index (χ4v) is 3.69. The monoisotopic (exact) mass is 544 g/mol. The van der Waals surface area contributed by atoms with Crippen molar-refractivity contribution in [1.29, 1.82) is 0 Å². The topological polar surface area (TPSA) is 147 Å². The fourth-order valence-electron chi connectivity index (χ4n) is 3.69. The summed E-state index contributed by atoms with van der Waals surface area (Å²) < 4.78 is 41.5. The van der Waals surface area contributed by atoms with E-state index < -0.39 is 47.7 Å². The molecule has 4 aromatic rings. The second-order valence-electron chi connectivity index (χ2n) is 9.04. The first-order chi connectivity index (χ1) is 18.3. The molecule has 0 aliphatic carbocycles. The largest absolute Gasteiger partial charge is 0.451 e. The molecular weight excluding hydrogens is 521 g/mol. The van der Waals surface area contributed by atoms with E-state index in [-0.39, 0.29) is 34.0 Å². The van der Waals surface area contributed by atoms with E-state index in [1.165, 1.54) is 43.1 Å². The Labute approximate surface area is 218 Å². The van der Waals surface area contributed by atoms with Crippen molar-refractivity contribution in [1.82, 2.24) is 33.6 Å². The normalized spacial score (nSPS) is 12.6. The number of hydrogen-bond acceptors (Lipinski definition) is 8. The zero-order valence-electron chi connectivity index (χ0n) is 21.2. The molecule has 39 heavy (non-hydrogen) atoms. The Hall–Kier alpha value is -4.69. The van der Waals surface area contributed by atoms with Crippen molar-refractivity contribution in [3.05, 3.63) is 63.6 Å². The molecule has 15 heteroatoms. The van der Waals surface area contributed by atoms with Crippen molar-refractivity contribution in [3.63, 3.8) is 0 Å². The smallest absolute Gasteiger partial charge is 0.312 e. The van der Waals surface area contributed by atoms with Gasteiger partial charge in [0, 0.05) is 30.9 Å². The number of carbonyl (C=O) groups is 2. The summed E-state index contributed by atoms with van der Waals surface area (Å²) in [5.41, 5.74) is -1.06. The minimum atomic E-state index is -4.69. The van der Waals surface area contributed by atoms with Crippen LogP contribution in [0.2, 0.25) is 0 Å². The Kier molecular flexibility index (Phi) is 7.17. The van der Waals surface area contributed by atoms with Gasteiger partial charge in [-0.1, -0.05) is 19.9 Å². The second kappa shape index (κ2) is 10.2. The number of hydrogen-bond donors (Lipinski definition) is 1. The van der Waals surface area contributed by atoms with Crippen LogP contribution < -0.4 is 16.6 Å². The number of nitrogens with zero attached hydrogens (tertiary/aromatic N) is 7. The maximum absolute atomic E-state index is 13.2. The van der Waals surface area contributed by atoms with Crippen molar-refractivity contribution < 1.29 is 22.8 Å². The lowest BCUT2D eigenvalue weighted by Gasteiger charge is -2.15. The summed E-state index contributed by atoms with van der Waals surface area (Å²) in [6.45, 7) is 4.38. The number of halogens is 3. The predicted molar refractivity (Wildman–Crippen MR) is 133 cm³/mol. The van der Waals surface area contributed by atoms with Gasteiger partial charge in [-0.15, -0.1) is 0 Å². The number of anilines is 1. The number of fused-ring (bicyclic) bond motifs is 1. The third kappa shape index (κ3) is 5.32. The summed E-state index contributed by atoms with van der Waals surface area (Å²) in [4.78, 5) is 66.3. The molecule has 0 spiro atoms. The van der Waals surface area contributed by atoms with Crippen molar-refractivity contribution in [2.75, 3.05) is 5.32 Å². The maximum Gasteiger partial charge on any atom is 0.451 e. The summed E-state index contributed by atoms with van der Waals surface area (Å²) in [6, 6.07) is 3.51. The minimum absolute atomic E-state index is 0.0417. The lowest BCUT2D eigenvalue weighted by Crippen LogP contribution is -2.42. The SMILES string of the molecule is CC(C)C(=O)Cn1c(=O)c2c(ncn2C(C)C(=O)Nc2cccc(-c3cnc(C(F)(F)F)nc3)n2)n(C)c1=O. The standard InChI is InChI=1S/C24H23F3N8O4/c1-12(2)16(36)10-34-21(38)18-19(33(4)23(34)39)30-11-35(18)13(3)20(37)32-17-7-5-6-15(31-17)14-8-28-22(29-9-14)24(25,26)27/h5-9,11-13H,10H2,1-4H3,(H,31,32,37). The molecule has 204 valence electrons. The van der Waals surface area contributed by atoms with Crippen molar-refractivity contribution in [2.24, 2.45) is 13.0 Å². The molecule has 1 unspecified atom stereocenters. The first-order valence-corrected chi connectivity index (χ1v) is 11.7. The average Bonchev–Trinajstić information content (AvgIpc) is 3.34. The van der Waals surface area contributed by atoms with Gasteiger partial charge in [-0.3, -0.25) is 23.5 Å². The summed E-state index contributed by atoms with van der Waals surface area (Å²) in [5.74, 6) is -2.51. The molecule has 0 aliphatic rings. The third-order valence-electron chi connectivity index (χ3n) is 6.01. The van der Waals surface area contributed by atoms with Gasteiger partial charge in [0.1, 0.15) is 11.9 Å². The van der Waals surface area contributed by atoms with Crippen molar-refractivity contribution in [3.8, 4) is 11.3 Å². The lowest BCUT2D eigenvalue weighted by atomic mass is 10.1. The van der Waals surface area contributed by atoms with Gasteiger partial charge in [-0.25, -0.2) is 24.7 Å². The number of pyridine rings is 1. The van der Waals surface area contributed by atoms with E-state index >= 15 is 0 Å². The molecule has 0 aromatic carbocycles. The number of nitrogens with one attached hydrogen (secondary N) is 1. The van der Waals surface area contributed by atoms with Crippen LogP contribution in [0.15, 0.2) is 46.5 Å². The zero-order chi connectivity index (χ0) is 28.6. The molecule has 0 saturated heterocycles. The Bertz CT molecular complexity index is 1690. The molecule has 1 amide bonds. The minimum Gasteiger partial charge on any atom is -0.312 e. The summed E-state index contributed by atoms with van der Waals surface area (Å²) in [7, 11) is 1.41. The van der Waals surface area contributed by atoms with Crippen LogP contribution in [-0.4, -0.2) is 45.3 Å². The Morgan fingerprint density at radius 2 is 1.72 bits per heavy atom. The molecule has 4 aromatic heterocycles. The van der Waals surface area contributed by atoms with Crippen LogP contribution in [0.1, 0.15) is 32.6 Å². The van der Waals surface area contributed by atoms with Crippen molar-refractivity contribution in [2.45, 2.75) is 39.5 Å². The molecule has 4 heterocycles. The molecule has 0 bridgehead atoms. The highest BCUT2D eigenvalue weighted by atomic mass is 19.4. The molecule has 1 N–H and O–H groups in total. The van der Waals surface area contributed by atoms with E-state index in [2.05, 4.69) is 25.3 Å². The zero-order valence-corrected chi connectivity index (χ0v) is 21.2. The van der Waals surface area contributed by atoms with Gasteiger partial charge in [0.05, 0.1) is 18.6 Å². The van der Waals surface area contributed by atoms with E-state index in [0.29, 0.717) is 0 Å². The van der Waals surface area contributed by atoms with Gasteiger partial charge in [-0.05, 0) is 19.1 Å². The average molecular weight is 544 g/mol. The number of Topliss-reactive ketones (excluding diaryl/α,β-unsaturated/α-hetero) is 1. The first kappa shape index (κ1) is 27.3. The van der Waals surface area contributed by atoms with E-state index in [4.69, 9.17) is 0 Å². The van der Waals surface area contributed by atoms with Gasteiger partial charge in [0.25, 0.3) is 5.56 Å². The highest BCUT2D eigenvalue weighted by Crippen LogP contribution is 2.27. The van der Waals surface area contributed by atoms with Crippen LogP contribution >= 0.6 is 0 Å². The molecule has 0 fully saturated rings. The van der Waals surface area contributed by atoms with E-state index in [9.17, 15) is 32.3 Å². The first-order valence-electron chi connectivity index (χ1n) is 11.7. The van der Waals surface area contributed by atoms with E-state index in [0.717, 1.165) is 21.5 Å². The molecule has 4 rings (SSSR count). The van der Waals surface area contributed by atoms with Gasteiger partial charge >= 0.3 is 11.9 Å². The number of rotatable bonds is 7. The van der Waals surface area contributed by atoms with Crippen molar-refractivity contribution >= 4 is 28.7 Å². The van der Waals surface area contributed by atoms with Crippen LogP contribution in [0.25, 0.3) is 22.4 Å². The number of imidazole rings is 1. The number of amides is 1. The van der Waals surface area contributed by atoms with Crippen LogP contribution in [0.5, 0.6) is 0 Å². The predicted octanol–water partition coefficient (Wildman–Crippen LogP) is 2.19. The molecule has 12 nitrogen and oxygen atoms in total. The number of aromatic nitrogens is 7. The molecule has 0 saturated carbocycles. The number of aryl methyl sites for hydroxylation is 1. The van der Waals surface area contributed by atoms with Crippen LogP contribution in [-0.2, 0) is 29.4 Å². The summed E-state index contributed by atoms with van der Waals surface area (Å²) in [5, 5.41) is 2.60. The molecular formula is C24H23F3N8O4. The van der Waals surface area contributed by atoms with Gasteiger partial charge in [0.15, 0.2) is 16.9 Å². The Balaban J connectivity index is 1.63. The third-order valence-corrected chi connectivity index (χ3v) is 6.01. The summed E-state index contributed by atoms with van der Waals surface area (Å²) >= 11 is 0. The van der Waals surface area contributed by atoms with Gasteiger partial charge < -0.3 is 9.88 Å². The van der Waals surface area contributed by atoms with E-state index in [1.54, 1.807) is 13.8 Å². The highest BCUT2D eigenvalue weighted by Gasteiger charge is 2.34. The van der Waals surface area contributed by atoms with Gasteiger partial charge in [0.2, 0.25) is 11.7 Å². The number of carbonyl (C=O) groups excluding carboxylic acids is 2. The second-order valence-corrected chi connectivity index (χ2v) is 9.04. The molecule has 0 aliphatic heterocycles. The number of ketones is 1. The van der Waals surface area contributed by atoms with E-state index in [1.807, 2.05) is 0 Å².